The van der Waals surface area contributed by atoms with Crippen molar-refractivity contribution in [3.05, 3.63) is 85.1 Å². The van der Waals surface area contributed by atoms with Crippen molar-refractivity contribution in [3.63, 3.8) is 0 Å². The summed E-state index contributed by atoms with van der Waals surface area (Å²) in [7, 11) is 0. The van der Waals surface area contributed by atoms with E-state index in [0.29, 0.717) is 19.3 Å². The number of esters is 3. The molecule has 0 N–H and O–H groups in total. The van der Waals surface area contributed by atoms with Crippen LogP contribution in [0.15, 0.2) is 85.1 Å². The zero-order chi connectivity index (χ0) is 46.5. The molecule has 366 valence electrons. The van der Waals surface area contributed by atoms with Gasteiger partial charge < -0.3 is 14.2 Å². The molecule has 0 radical (unpaired) electrons. The highest BCUT2D eigenvalue weighted by atomic mass is 16.6. The third-order valence-electron chi connectivity index (χ3n) is 11.1. The van der Waals surface area contributed by atoms with Crippen molar-refractivity contribution in [2.45, 2.75) is 252 Å². The largest absolute Gasteiger partial charge is 0.462 e. The number of carbonyl (C=O) groups excluding carboxylic acids is 3. The van der Waals surface area contributed by atoms with E-state index in [-0.39, 0.29) is 37.5 Å². The van der Waals surface area contributed by atoms with Crippen molar-refractivity contribution in [3.8, 4) is 0 Å². The second-order valence-corrected chi connectivity index (χ2v) is 17.4. The lowest BCUT2D eigenvalue weighted by Crippen LogP contribution is -2.30. The molecular formula is C58H98O6. The van der Waals surface area contributed by atoms with Crippen LogP contribution in [0.4, 0.5) is 0 Å². The van der Waals surface area contributed by atoms with Gasteiger partial charge in [-0.2, -0.15) is 0 Å². The first kappa shape index (κ1) is 60.6. The summed E-state index contributed by atoms with van der Waals surface area (Å²) in [6, 6.07) is 0. The van der Waals surface area contributed by atoms with Crippen LogP contribution in [0.2, 0.25) is 0 Å². The van der Waals surface area contributed by atoms with Gasteiger partial charge >= 0.3 is 17.9 Å². The predicted octanol–water partition coefficient (Wildman–Crippen LogP) is 17.6. The molecule has 0 aliphatic carbocycles. The number of hydrogen-bond donors (Lipinski definition) is 0. The summed E-state index contributed by atoms with van der Waals surface area (Å²) in [6.07, 6.45) is 67.2. The van der Waals surface area contributed by atoms with Crippen LogP contribution < -0.4 is 0 Å². The molecule has 1 unspecified atom stereocenters. The van der Waals surface area contributed by atoms with Crippen LogP contribution >= 0.6 is 0 Å². The van der Waals surface area contributed by atoms with Gasteiger partial charge in [0.2, 0.25) is 0 Å². The summed E-state index contributed by atoms with van der Waals surface area (Å²) in [6.45, 7) is 6.43. The molecule has 0 amide bonds. The molecule has 1 atom stereocenters. The third-order valence-corrected chi connectivity index (χ3v) is 11.1. The predicted molar refractivity (Wildman–Crippen MR) is 274 cm³/mol. The van der Waals surface area contributed by atoms with Gasteiger partial charge in [-0.3, -0.25) is 14.4 Å². The lowest BCUT2D eigenvalue weighted by atomic mass is 10.1. The minimum Gasteiger partial charge on any atom is -0.462 e. The quantitative estimate of drug-likeness (QED) is 0.0262. The summed E-state index contributed by atoms with van der Waals surface area (Å²) >= 11 is 0. The van der Waals surface area contributed by atoms with Crippen LogP contribution in [0.25, 0.3) is 0 Å². The molecule has 0 aromatic heterocycles. The van der Waals surface area contributed by atoms with Gasteiger partial charge in [-0.25, -0.2) is 0 Å². The van der Waals surface area contributed by atoms with Crippen molar-refractivity contribution < 1.29 is 28.6 Å². The average molecular weight is 891 g/mol. The number of hydrogen-bond acceptors (Lipinski definition) is 6. The van der Waals surface area contributed by atoms with Crippen molar-refractivity contribution in [1.29, 1.82) is 0 Å². The fourth-order valence-corrected chi connectivity index (χ4v) is 7.11. The van der Waals surface area contributed by atoms with Crippen LogP contribution in [0.5, 0.6) is 0 Å². The molecule has 64 heavy (non-hydrogen) atoms. The van der Waals surface area contributed by atoms with Crippen molar-refractivity contribution in [1.82, 2.24) is 0 Å². The molecule has 0 saturated heterocycles. The van der Waals surface area contributed by atoms with Gasteiger partial charge in [-0.15, -0.1) is 0 Å². The highest BCUT2D eigenvalue weighted by molar-refractivity contribution is 5.71. The molecule has 0 spiro atoms. The molecule has 0 aromatic rings. The second kappa shape index (κ2) is 52.2. The van der Waals surface area contributed by atoms with Crippen LogP contribution in [-0.2, 0) is 28.6 Å². The van der Waals surface area contributed by atoms with E-state index in [0.717, 1.165) is 96.3 Å². The number of carbonyl (C=O) groups is 3. The first-order chi connectivity index (χ1) is 31.5. The van der Waals surface area contributed by atoms with E-state index in [1.165, 1.54) is 103 Å². The molecular weight excluding hydrogens is 793 g/mol. The first-order valence-corrected chi connectivity index (χ1v) is 26.6. The van der Waals surface area contributed by atoms with Gasteiger partial charge in [0, 0.05) is 19.3 Å². The van der Waals surface area contributed by atoms with Crippen LogP contribution in [-0.4, -0.2) is 37.2 Å². The Bertz CT molecular complexity index is 1250. The molecule has 6 nitrogen and oxygen atoms in total. The van der Waals surface area contributed by atoms with E-state index in [1.807, 2.05) is 0 Å². The van der Waals surface area contributed by atoms with Gasteiger partial charge in [-0.05, 0) is 109 Å². The average Bonchev–Trinajstić information content (AvgIpc) is 3.29. The van der Waals surface area contributed by atoms with E-state index >= 15 is 0 Å². The Labute approximate surface area is 395 Å². The SMILES string of the molecule is CC/C=C\C/C=C\CCCCCCCC(=O)OCC(COC(=O)CCC/C=C\C/C=C\C/C=C\C/C=C\CCCCC)OC(=O)CCCCCCCCC/C=C\CCCCCCCC. The van der Waals surface area contributed by atoms with Gasteiger partial charge in [0.25, 0.3) is 0 Å². The first-order valence-electron chi connectivity index (χ1n) is 26.6. The van der Waals surface area contributed by atoms with Crippen molar-refractivity contribution in [2.24, 2.45) is 0 Å². The van der Waals surface area contributed by atoms with Gasteiger partial charge in [-0.1, -0.05) is 202 Å². The Balaban J connectivity index is 4.48. The molecule has 0 saturated carbocycles. The van der Waals surface area contributed by atoms with E-state index in [4.69, 9.17) is 14.2 Å². The molecule has 0 bridgehead atoms. The molecule has 0 aromatic carbocycles. The minimum atomic E-state index is -0.806. The van der Waals surface area contributed by atoms with E-state index in [1.54, 1.807) is 0 Å². The lowest BCUT2D eigenvalue weighted by molar-refractivity contribution is -0.167. The lowest BCUT2D eigenvalue weighted by Gasteiger charge is -2.18. The summed E-state index contributed by atoms with van der Waals surface area (Å²) in [5.74, 6) is -0.979. The monoisotopic (exact) mass is 891 g/mol. The number of rotatable bonds is 47. The van der Waals surface area contributed by atoms with E-state index < -0.39 is 6.10 Å². The maximum atomic E-state index is 12.8. The zero-order valence-corrected chi connectivity index (χ0v) is 41.8. The molecule has 0 aliphatic rings. The highest BCUT2D eigenvalue weighted by Gasteiger charge is 2.19. The standard InChI is InChI=1S/C58H98O6/c1-4-7-10-13-16-19-22-25-27-29-31-33-36-39-42-45-48-51-57(60)63-54-55(53-62-56(59)50-47-44-41-38-35-24-21-18-15-12-9-6-3)64-58(61)52-49-46-43-40-37-34-32-30-28-26-23-20-17-14-11-8-5-2/h9,12,16,18-19,21,25-28,31,33,39,42,55H,4-8,10-11,13-15,17,20,22-24,29-30,32,34-38,40-41,43-54H2,1-3H3/b12-9-,19-16-,21-18-,27-25-,28-26-,33-31-,42-39-. The maximum Gasteiger partial charge on any atom is 0.306 e. The van der Waals surface area contributed by atoms with Crippen LogP contribution in [0.1, 0.15) is 245 Å². The Kier molecular flexibility index (Phi) is 49.4. The maximum absolute atomic E-state index is 12.8. The normalized spacial score (nSPS) is 12.7. The molecule has 0 fully saturated rings. The van der Waals surface area contributed by atoms with Gasteiger partial charge in [0.15, 0.2) is 6.10 Å². The topological polar surface area (TPSA) is 78.9 Å². The molecule has 0 heterocycles. The highest BCUT2D eigenvalue weighted by Crippen LogP contribution is 2.14. The second-order valence-electron chi connectivity index (χ2n) is 17.4. The Morgan fingerprint density at radius 2 is 0.625 bits per heavy atom. The fourth-order valence-electron chi connectivity index (χ4n) is 7.11. The minimum absolute atomic E-state index is 0.103. The fraction of sp³-hybridized carbons (Fsp3) is 0.707. The number of unbranched alkanes of at least 4 members (excludes halogenated alkanes) is 22. The molecule has 0 rings (SSSR count). The Morgan fingerprint density at radius 1 is 0.328 bits per heavy atom. The van der Waals surface area contributed by atoms with Crippen LogP contribution in [0, 0.1) is 0 Å². The van der Waals surface area contributed by atoms with Crippen molar-refractivity contribution >= 4 is 17.9 Å². The smallest absolute Gasteiger partial charge is 0.306 e. The Hall–Kier alpha value is -3.41. The third kappa shape index (κ3) is 49.6. The summed E-state index contributed by atoms with van der Waals surface area (Å²) in [5.41, 5.74) is 0. The van der Waals surface area contributed by atoms with E-state index in [9.17, 15) is 14.4 Å². The zero-order valence-electron chi connectivity index (χ0n) is 41.8. The summed E-state index contributed by atoms with van der Waals surface area (Å²) < 4.78 is 16.7. The molecule has 0 aliphatic heterocycles. The van der Waals surface area contributed by atoms with Gasteiger partial charge in [0.05, 0.1) is 0 Å². The molecule has 6 heteroatoms. The Morgan fingerprint density at radius 3 is 1.06 bits per heavy atom. The van der Waals surface area contributed by atoms with Crippen molar-refractivity contribution in [2.75, 3.05) is 13.2 Å². The number of allylic oxidation sites excluding steroid dienone is 14. The van der Waals surface area contributed by atoms with Crippen LogP contribution in [0.3, 0.4) is 0 Å². The summed E-state index contributed by atoms with van der Waals surface area (Å²) in [4.78, 5) is 38.0. The van der Waals surface area contributed by atoms with E-state index in [2.05, 4.69) is 106 Å². The van der Waals surface area contributed by atoms with Gasteiger partial charge in [0.1, 0.15) is 13.2 Å². The summed E-state index contributed by atoms with van der Waals surface area (Å²) in [5, 5.41) is 0. The number of ether oxygens (including phenoxy) is 3.